The first-order valence-corrected chi connectivity index (χ1v) is 6.06. The number of rotatable bonds is 7. The maximum Gasteiger partial charge on any atom is 0.0764 e. The van der Waals surface area contributed by atoms with Gasteiger partial charge in [-0.25, -0.2) is 0 Å². The van der Waals surface area contributed by atoms with Crippen LogP contribution in [0.2, 0.25) is 0 Å². The maximum atomic E-state index is 4.53. The summed E-state index contributed by atoms with van der Waals surface area (Å²) in [4.78, 5) is 2.29. The van der Waals surface area contributed by atoms with Crippen LogP contribution in [0.3, 0.4) is 0 Å². The van der Waals surface area contributed by atoms with Crippen molar-refractivity contribution in [3.8, 4) is 0 Å². The predicted octanol–water partition coefficient (Wildman–Crippen LogP) is 1.51. The molecule has 0 bridgehead atoms. The summed E-state index contributed by atoms with van der Waals surface area (Å²) in [7, 11) is 2.13. The second-order valence-corrected chi connectivity index (χ2v) is 4.47. The lowest BCUT2D eigenvalue weighted by molar-refractivity contribution is 0.319. The molecule has 0 saturated heterocycles. The molecule has 0 amide bonds. The predicted molar refractivity (Wildman–Crippen MR) is 67.5 cm³/mol. The van der Waals surface area contributed by atoms with Gasteiger partial charge < -0.3 is 5.32 Å². The minimum atomic E-state index is 0.445. The summed E-state index contributed by atoms with van der Waals surface area (Å²) in [6.45, 7) is 10.5. The van der Waals surface area contributed by atoms with Crippen LogP contribution in [0.25, 0.3) is 0 Å². The molecule has 0 aliphatic carbocycles. The van der Waals surface area contributed by atoms with Crippen LogP contribution in [-0.2, 0) is 6.54 Å². The van der Waals surface area contributed by atoms with Gasteiger partial charge in [-0.05, 0) is 33.5 Å². The lowest BCUT2D eigenvalue weighted by Gasteiger charge is -2.15. The molecule has 0 radical (unpaired) electrons. The molecule has 0 aromatic carbocycles. The molecular weight excluding hydrogens is 200 g/mol. The van der Waals surface area contributed by atoms with Gasteiger partial charge in [-0.1, -0.05) is 6.92 Å². The quantitative estimate of drug-likeness (QED) is 0.713. The van der Waals surface area contributed by atoms with Crippen molar-refractivity contribution in [2.24, 2.45) is 0 Å². The molecule has 92 valence electrons. The topological polar surface area (TPSA) is 33.1 Å². The molecule has 0 unspecified atom stereocenters. The van der Waals surface area contributed by atoms with Crippen LogP contribution < -0.4 is 5.32 Å². The average Bonchev–Trinajstić information content (AvgIpc) is 2.66. The first-order chi connectivity index (χ1) is 7.63. The minimum Gasteiger partial charge on any atom is -0.316 e. The Hall–Kier alpha value is -0.870. The molecule has 1 N–H and O–H groups in total. The molecule has 16 heavy (non-hydrogen) atoms. The van der Waals surface area contributed by atoms with Crippen LogP contribution in [0, 0.1) is 0 Å². The molecule has 4 nitrogen and oxygen atoms in total. The molecule has 0 saturated carbocycles. The summed E-state index contributed by atoms with van der Waals surface area (Å²) in [6.07, 6.45) is 2.05. The summed E-state index contributed by atoms with van der Waals surface area (Å²) in [6, 6.07) is 2.55. The van der Waals surface area contributed by atoms with Crippen molar-refractivity contribution in [3.05, 3.63) is 18.0 Å². The lowest BCUT2D eigenvalue weighted by Crippen LogP contribution is -2.28. The van der Waals surface area contributed by atoms with Gasteiger partial charge in [0.2, 0.25) is 0 Å². The minimum absolute atomic E-state index is 0.445. The van der Waals surface area contributed by atoms with Crippen LogP contribution in [-0.4, -0.2) is 41.4 Å². The third-order valence-electron chi connectivity index (χ3n) is 2.54. The third-order valence-corrected chi connectivity index (χ3v) is 2.54. The van der Waals surface area contributed by atoms with E-state index in [1.807, 2.05) is 4.68 Å². The second kappa shape index (κ2) is 6.66. The Balaban J connectivity index is 2.34. The number of nitrogens with one attached hydrogen (secondary N) is 1. The smallest absolute Gasteiger partial charge is 0.0764 e. The summed E-state index contributed by atoms with van der Waals surface area (Å²) in [5.41, 5.74) is 1.15. The van der Waals surface area contributed by atoms with E-state index in [0.717, 1.165) is 31.9 Å². The Morgan fingerprint density at radius 2 is 2.25 bits per heavy atom. The summed E-state index contributed by atoms with van der Waals surface area (Å²) in [5.74, 6) is 0. The Bertz CT molecular complexity index is 293. The highest BCUT2D eigenvalue weighted by molar-refractivity contribution is 4.99. The lowest BCUT2D eigenvalue weighted by atomic mass is 10.4. The van der Waals surface area contributed by atoms with Crippen molar-refractivity contribution in [1.29, 1.82) is 0 Å². The zero-order valence-electron chi connectivity index (χ0n) is 10.9. The molecule has 1 heterocycles. The number of nitrogens with zero attached hydrogens (tertiary/aromatic N) is 3. The Morgan fingerprint density at radius 1 is 1.50 bits per heavy atom. The van der Waals surface area contributed by atoms with Gasteiger partial charge in [0.25, 0.3) is 0 Å². The van der Waals surface area contributed by atoms with E-state index >= 15 is 0 Å². The van der Waals surface area contributed by atoms with E-state index in [0.29, 0.717) is 6.04 Å². The Labute approximate surface area is 98.6 Å². The zero-order chi connectivity index (χ0) is 12.0. The number of likely N-dealkylation sites (N-methyl/N-ethyl adjacent to an activating group) is 2. The van der Waals surface area contributed by atoms with E-state index in [1.54, 1.807) is 0 Å². The summed E-state index contributed by atoms with van der Waals surface area (Å²) in [5, 5.41) is 7.85. The highest BCUT2D eigenvalue weighted by atomic mass is 15.3. The van der Waals surface area contributed by atoms with E-state index < -0.39 is 0 Å². The van der Waals surface area contributed by atoms with Gasteiger partial charge in [0, 0.05) is 31.9 Å². The van der Waals surface area contributed by atoms with Crippen LogP contribution in [0.15, 0.2) is 12.3 Å². The van der Waals surface area contributed by atoms with Crippen molar-refractivity contribution in [3.63, 3.8) is 0 Å². The van der Waals surface area contributed by atoms with Gasteiger partial charge >= 0.3 is 0 Å². The Morgan fingerprint density at radius 3 is 2.81 bits per heavy atom. The largest absolute Gasteiger partial charge is 0.316 e. The van der Waals surface area contributed by atoms with Crippen LogP contribution in [0.4, 0.5) is 0 Å². The fraction of sp³-hybridized carbons (Fsp3) is 0.750. The molecular formula is C12H24N4. The van der Waals surface area contributed by atoms with E-state index in [4.69, 9.17) is 0 Å². The summed E-state index contributed by atoms with van der Waals surface area (Å²) >= 11 is 0. The standard InChI is InChI=1S/C12H24N4/c1-5-13-7-9-15(4)10-12-6-8-16(14-12)11(2)3/h6,8,11,13H,5,7,9-10H2,1-4H3. The second-order valence-electron chi connectivity index (χ2n) is 4.47. The van der Waals surface area contributed by atoms with Crippen LogP contribution >= 0.6 is 0 Å². The first-order valence-electron chi connectivity index (χ1n) is 6.06. The molecule has 0 spiro atoms. The van der Waals surface area contributed by atoms with E-state index in [-0.39, 0.29) is 0 Å². The summed E-state index contributed by atoms with van der Waals surface area (Å²) < 4.78 is 2.01. The van der Waals surface area contributed by atoms with Crippen molar-refractivity contribution in [2.75, 3.05) is 26.7 Å². The molecule has 0 atom stereocenters. The fourth-order valence-corrected chi connectivity index (χ4v) is 1.55. The van der Waals surface area contributed by atoms with Gasteiger partial charge in [0.15, 0.2) is 0 Å². The molecule has 1 aromatic heterocycles. The van der Waals surface area contributed by atoms with E-state index in [2.05, 4.69) is 55.4 Å². The monoisotopic (exact) mass is 224 g/mol. The number of aromatic nitrogens is 2. The molecule has 1 rings (SSSR count). The SMILES string of the molecule is CCNCCN(C)Cc1ccn(C(C)C)n1. The normalized spacial score (nSPS) is 11.6. The zero-order valence-corrected chi connectivity index (χ0v) is 10.9. The van der Waals surface area contributed by atoms with Crippen molar-refractivity contribution in [2.45, 2.75) is 33.4 Å². The molecule has 0 aliphatic heterocycles. The molecule has 0 fully saturated rings. The first kappa shape index (κ1) is 13.2. The Kier molecular flexibility index (Phi) is 5.49. The number of hydrogen-bond donors (Lipinski definition) is 1. The fourth-order valence-electron chi connectivity index (χ4n) is 1.55. The van der Waals surface area contributed by atoms with Crippen molar-refractivity contribution >= 4 is 0 Å². The molecule has 4 heteroatoms. The van der Waals surface area contributed by atoms with Gasteiger partial charge in [-0.15, -0.1) is 0 Å². The van der Waals surface area contributed by atoms with Crippen molar-refractivity contribution in [1.82, 2.24) is 20.0 Å². The molecule has 1 aromatic rings. The van der Waals surface area contributed by atoms with Crippen molar-refractivity contribution < 1.29 is 0 Å². The van der Waals surface area contributed by atoms with Gasteiger partial charge in [-0.3, -0.25) is 9.58 Å². The van der Waals surface area contributed by atoms with Gasteiger partial charge in [-0.2, -0.15) is 5.10 Å². The van der Waals surface area contributed by atoms with E-state index in [1.165, 1.54) is 0 Å². The van der Waals surface area contributed by atoms with Crippen LogP contribution in [0.5, 0.6) is 0 Å². The van der Waals surface area contributed by atoms with E-state index in [9.17, 15) is 0 Å². The average molecular weight is 224 g/mol. The maximum absolute atomic E-state index is 4.53. The number of hydrogen-bond acceptors (Lipinski definition) is 3. The highest BCUT2D eigenvalue weighted by Gasteiger charge is 2.04. The van der Waals surface area contributed by atoms with Crippen LogP contribution in [0.1, 0.15) is 32.5 Å². The van der Waals surface area contributed by atoms with Gasteiger partial charge in [0.1, 0.15) is 0 Å². The highest BCUT2D eigenvalue weighted by Crippen LogP contribution is 2.05. The molecule has 0 aliphatic rings. The van der Waals surface area contributed by atoms with Gasteiger partial charge in [0.05, 0.1) is 5.69 Å². The third kappa shape index (κ3) is 4.33.